The van der Waals surface area contributed by atoms with Gasteiger partial charge in [-0.25, -0.2) is 0 Å². The molecule has 0 amide bonds. The van der Waals surface area contributed by atoms with E-state index >= 15 is 0 Å². The van der Waals surface area contributed by atoms with Gasteiger partial charge in [0, 0.05) is 33.9 Å². The van der Waals surface area contributed by atoms with E-state index in [2.05, 4.69) is 277 Å². The Morgan fingerprint density at radius 2 is 0.507 bits per heavy atom. The van der Waals surface area contributed by atoms with Crippen molar-refractivity contribution in [2.24, 2.45) is 0 Å². The average Bonchev–Trinajstić information content (AvgIpc) is 3.90. The van der Waals surface area contributed by atoms with Gasteiger partial charge in [0.15, 0.2) is 23.0 Å². The molecule has 4 heteroatoms. The molecule has 11 aromatic rings. The average molecular weight is 909 g/mol. The molecule has 3 aliphatic rings. The van der Waals surface area contributed by atoms with Crippen molar-refractivity contribution in [3.8, 4) is 67.5 Å². The lowest BCUT2D eigenvalue weighted by Crippen LogP contribution is -2.25. The van der Waals surface area contributed by atoms with Crippen molar-refractivity contribution in [3.63, 3.8) is 0 Å². The van der Waals surface area contributed by atoms with E-state index in [0.717, 1.165) is 61.9 Å². The number of ether oxygens (including phenoxy) is 2. The fraction of sp³-hybridized carbons (Fsp3) is 0.0149. The summed E-state index contributed by atoms with van der Waals surface area (Å²) in [4.78, 5) is 4.68. The molecule has 0 bridgehead atoms. The second kappa shape index (κ2) is 16.4. The summed E-state index contributed by atoms with van der Waals surface area (Å²) in [7, 11) is 0. The largest absolute Gasteiger partial charge is 0.449 e. The molecule has 14 rings (SSSR count). The Morgan fingerprint density at radius 1 is 0.225 bits per heavy atom. The minimum absolute atomic E-state index is 0.517. The Morgan fingerprint density at radius 3 is 0.887 bits per heavy atom. The fourth-order valence-corrected chi connectivity index (χ4v) is 11.6. The van der Waals surface area contributed by atoms with Crippen LogP contribution >= 0.6 is 0 Å². The molecule has 0 saturated heterocycles. The summed E-state index contributed by atoms with van der Waals surface area (Å²) in [6, 6.07) is 95.3. The van der Waals surface area contributed by atoms with Gasteiger partial charge in [0.1, 0.15) is 0 Å². The van der Waals surface area contributed by atoms with Crippen LogP contribution in [0, 0.1) is 0 Å². The Balaban J connectivity index is 1.00. The highest BCUT2D eigenvalue weighted by Crippen LogP contribution is 2.65. The van der Waals surface area contributed by atoms with E-state index in [-0.39, 0.29) is 0 Å². The lowest BCUT2D eigenvalue weighted by atomic mass is 9.70. The lowest BCUT2D eigenvalue weighted by molar-refractivity contribution is 0.359. The van der Waals surface area contributed by atoms with E-state index in [1.165, 1.54) is 38.9 Å². The standard InChI is InChI=1S/C67H44N2O2/c1-5-23-45(24-6-1)68(46-25-7-2-8-26-46)61-39-21-16-34-52(61)54-41-63-64(42-55(54)53-35-17-22-40-62(53)69(47-27-9-3-10-28-47)48-29-11-4-12-30-48)71-66-44-60-56(43-65(66)70-63)51-33-15-20-38-59(51)67(60)57-36-18-13-31-49(57)50-32-14-19-37-58(50)67/h1-44H. The number of hydrogen-bond acceptors (Lipinski definition) is 4. The van der Waals surface area contributed by atoms with E-state index in [9.17, 15) is 0 Å². The van der Waals surface area contributed by atoms with Gasteiger partial charge in [-0.05, 0) is 141 Å². The van der Waals surface area contributed by atoms with Gasteiger partial charge in [-0.15, -0.1) is 0 Å². The zero-order valence-electron chi connectivity index (χ0n) is 38.6. The summed E-state index contributed by atoms with van der Waals surface area (Å²) < 4.78 is 14.5. The molecule has 0 saturated carbocycles. The van der Waals surface area contributed by atoms with Crippen molar-refractivity contribution in [1.82, 2.24) is 0 Å². The van der Waals surface area contributed by atoms with Crippen LogP contribution in [0.15, 0.2) is 267 Å². The molecular weight excluding hydrogens is 865 g/mol. The normalized spacial score (nSPS) is 12.8. The van der Waals surface area contributed by atoms with E-state index in [0.29, 0.717) is 23.0 Å². The van der Waals surface area contributed by atoms with Crippen LogP contribution in [0.2, 0.25) is 0 Å². The van der Waals surface area contributed by atoms with Crippen molar-refractivity contribution in [1.29, 1.82) is 0 Å². The minimum Gasteiger partial charge on any atom is -0.449 e. The van der Waals surface area contributed by atoms with Gasteiger partial charge in [-0.2, -0.15) is 0 Å². The molecule has 1 aliphatic heterocycles. The Hall–Kier alpha value is -9.38. The van der Waals surface area contributed by atoms with Gasteiger partial charge >= 0.3 is 0 Å². The zero-order valence-corrected chi connectivity index (χ0v) is 38.6. The zero-order chi connectivity index (χ0) is 46.9. The van der Waals surface area contributed by atoms with Gasteiger partial charge in [0.05, 0.1) is 16.8 Å². The SMILES string of the molecule is c1ccc(N(c2ccccc2)c2ccccc2-c2cc3c(cc2-c2ccccc2N(c2ccccc2)c2ccccc2)Oc2cc4c(cc2O3)-c2ccccc2C42c3ccccc3-c3ccccc32)cc1. The molecule has 0 N–H and O–H groups in total. The predicted octanol–water partition coefficient (Wildman–Crippen LogP) is 18.2. The second-order valence-corrected chi connectivity index (χ2v) is 18.3. The van der Waals surface area contributed by atoms with E-state index in [1.54, 1.807) is 0 Å². The van der Waals surface area contributed by atoms with Crippen molar-refractivity contribution in [2.75, 3.05) is 9.80 Å². The summed E-state index contributed by atoms with van der Waals surface area (Å²) in [6.07, 6.45) is 0. The van der Waals surface area contributed by atoms with Crippen LogP contribution in [0.1, 0.15) is 22.3 Å². The maximum absolute atomic E-state index is 7.27. The molecule has 0 atom stereocenters. The molecule has 0 radical (unpaired) electrons. The first-order valence-corrected chi connectivity index (χ1v) is 24.2. The van der Waals surface area contributed by atoms with Crippen LogP contribution in [0.5, 0.6) is 23.0 Å². The topological polar surface area (TPSA) is 24.9 Å². The first kappa shape index (κ1) is 40.7. The number of para-hydroxylation sites is 6. The third-order valence-corrected chi connectivity index (χ3v) is 14.5. The van der Waals surface area contributed by atoms with Gasteiger partial charge in [-0.3, -0.25) is 0 Å². The number of nitrogens with zero attached hydrogens (tertiary/aromatic N) is 2. The maximum Gasteiger partial charge on any atom is 0.170 e. The number of anilines is 6. The first-order chi connectivity index (χ1) is 35.2. The van der Waals surface area contributed by atoms with Crippen LogP contribution < -0.4 is 19.3 Å². The van der Waals surface area contributed by atoms with Gasteiger partial charge < -0.3 is 19.3 Å². The summed E-state index contributed by atoms with van der Waals surface area (Å²) in [5.74, 6) is 2.67. The molecule has 71 heavy (non-hydrogen) atoms. The van der Waals surface area contributed by atoms with E-state index < -0.39 is 5.41 Å². The maximum atomic E-state index is 7.27. The molecular formula is C67H44N2O2. The molecule has 0 aromatic heterocycles. The smallest absolute Gasteiger partial charge is 0.170 e. The number of benzene rings is 11. The van der Waals surface area contributed by atoms with E-state index in [1.807, 2.05) is 0 Å². The van der Waals surface area contributed by atoms with E-state index in [4.69, 9.17) is 9.47 Å². The highest BCUT2D eigenvalue weighted by Gasteiger charge is 2.52. The highest BCUT2D eigenvalue weighted by molar-refractivity contribution is 6.00. The summed E-state index contributed by atoms with van der Waals surface area (Å²) >= 11 is 0. The quantitative estimate of drug-likeness (QED) is 0.152. The van der Waals surface area contributed by atoms with Crippen LogP contribution in [-0.4, -0.2) is 0 Å². The van der Waals surface area contributed by atoms with Crippen LogP contribution in [0.4, 0.5) is 34.1 Å². The Bertz CT molecular complexity index is 3710. The molecule has 1 spiro atoms. The van der Waals surface area contributed by atoms with Crippen LogP contribution in [0.25, 0.3) is 44.5 Å². The summed E-state index contributed by atoms with van der Waals surface area (Å²) in [6.45, 7) is 0. The predicted molar refractivity (Wildman–Crippen MR) is 290 cm³/mol. The van der Waals surface area contributed by atoms with Crippen molar-refractivity contribution in [2.45, 2.75) is 5.41 Å². The van der Waals surface area contributed by atoms with Crippen molar-refractivity contribution >= 4 is 34.1 Å². The van der Waals surface area contributed by atoms with Gasteiger partial charge in [0.2, 0.25) is 0 Å². The lowest BCUT2D eigenvalue weighted by Gasteiger charge is -2.32. The molecule has 0 fully saturated rings. The number of fused-ring (bicyclic) bond motifs is 12. The first-order valence-electron chi connectivity index (χ1n) is 24.2. The molecule has 1 heterocycles. The third kappa shape index (κ3) is 6.32. The fourth-order valence-electron chi connectivity index (χ4n) is 11.6. The molecule has 334 valence electrons. The Kier molecular flexibility index (Phi) is 9.39. The third-order valence-electron chi connectivity index (χ3n) is 14.5. The van der Waals surface area contributed by atoms with Gasteiger partial charge in [-0.1, -0.05) is 182 Å². The number of rotatable bonds is 8. The Labute approximate surface area is 413 Å². The van der Waals surface area contributed by atoms with Crippen molar-refractivity contribution in [3.05, 3.63) is 289 Å². The van der Waals surface area contributed by atoms with Crippen molar-refractivity contribution < 1.29 is 9.47 Å². The monoisotopic (exact) mass is 908 g/mol. The highest BCUT2D eigenvalue weighted by atomic mass is 16.6. The molecule has 4 nitrogen and oxygen atoms in total. The molecule has 0 unspecified atom stereocenters. The number of hydrogen-bond donors (Lipinski definition) is 0. The molecule has 2 aliphatic carbocycles. The summed E-state index contributed by atoms with van der Waals surface area (Å²) in [5, 5.41) is 0. The van der Waals surface area contributed by atoms with Crippen LogP contribution in [-0.2, 0) is 5.41 Å². The second-order valence-electron chi connectivity index (χ2n) is 18.3. The van der Waals surface area contributed by atoms with Gasteiger partial charge in [0.25, 0.3) is 0 Å². The summed E-state index contributed by atoms with van der Waals surface area (Å²) in [5.41, 5.74) is 19.8. The molecule has 11 aromatic carbocycles. The van der Waals surface area contributed by atoms with Crippen LogP contribution in [0.3, 0.4) is 0 Å². The minimum atomic E-state index is -0.517.